The number of benzene rings is 10. The predicted molar refractivity (Wildman–Crippen MR) is 255 cm³/mol. The Morgan fingerprint density at radius 2 is 0.803 bits per heavy atom. The van der Waals surface area contributed by atoms with Crippen molar-refractivity contribution in [3.63, 3.8) is 0 Å². The zero-order valence-electron chi connectivity index (χ0n) is 33.3. The van der Waals surface area contributed by atoms with Gasteiger partial charge in [-0.2, -0.15) is 0 Å². The van der Waals surface area contributed by atoms with Crippen molar-refractivity contribution >= 4 is 49.6 Å². The van der Waals surface area contributed by atoms with E-state index in [-0.39, 0.29) is 5.82 Å². The quantitative estimate of drug-likeness (QED) is 0.149. The molecule has 0 radical (unpaired) electrons. The van der Waals surface area contributed by atoms with E-state index in [0.29, 0.717) is 0 Å². The number of aromatic nitrogens is 1. The minimum absolute atomic E-state index is 0.243. The van der Waals surface area contributed by atoms with Crippen LogP contribution in [0.2, 0.25) is 0 Å². The number of rotatable bonds is 8. The van der Waals surface area contributed by atoms with Crippen LogP contribution in [0.15, 0.2) is 237 Å². The molecule has 0 bridgehead atoms. The van der Waals surface area contributed by atoms with E-state index in [2.05, 4.69) is 216 Å². The largest absolute Gasteiger partial charge is 0.310 e. The SMILES string of the molecule is Fc1cccc(-c2cccc3cccc(-c4ccc(N(c5ccc(-c6ccc(-c7ccccc7)cc6)cc5)c5cccc(-n6c7ccccc7c7ccccc76)c5)cc4)c23)c1. The van der Waals surface area contributed by atoms with Gasteiger partial charge >= 0.3 is 0 Å². The monoisotopic (exact) mass is 782 g/mol. The van der Waals surface area contributed by atoms with Gasteiger partial charge in [-0.05, 0) is 122 Å². The minimum atomic E-state index is -0.243. The van der Waals surface area contributed by atoms with Crippen LogP contribution in [-0.4, -0.2) is 4.57 Å². The molecule has 11 rings (SSSR count). The number of nitrogens with zero attached hydrogens (tertiary/aromatic N) is 2. The molecule has 288 valence electrons. The van der Waals surface area contributed by atoms with Gasteiger partial charge in [0.05, 0.1) is 11.0 Å². The van der Waals surface area contributed by atoms with Gasteiger partial charge < -0.3 is 9.47 Å². The highest BCUT2D eigenvalue weighted by Crippen LogP contribution is 2.41. The normalized spacial score (nSPS) is 11.4. The second-order valence-corrected chi connectivity index (χ2v) is 15.5. The van der Waals surface area contributed by atoms with Crippen molar-refractivity contribution in [2.45, 2.75) is 0 Å². The Bertz CT molecular complexity index is 3290. The summed E-state index contributed by atoms with van der Waals surface area (Å²) >= 11 is 0. The third-order valence-electron chi connectivity index (χ3n) is 11.9. The molecule has 0 aliphatic carbocycles. The molecule has 0 unspecified atom stereocenters. The number of para-hydroxylation sites is 2. The van der Waals surface area contributed by atoms with Crippen molar-refractivity contribution < 1.29 is 4.39 Å². The summed E-state index contributed by atoms with van der Waals surface area (Å²) in [5.74, 6) is -0.243. The van der Waals surface area contributed by atoms with Gasteiger partial charge in [0, 0.05) is 33.5 Å². The third-order valence-corrected chi connectivity index (χ3v) is 11.9. The molecule has 1 heterocycles. The van der Waals surface area contributed by atoms with Gasteiger partial charge in [0.2, 0.25) is 0 Å². The average molecular weight is 783 g/mol. The van der Waals surface area contributed by atoms with Crippen LogP contribution >= 0.6 is 0 Å². The lowest BCUT2D eigenvalue weighted by molar-refractivity contribution is 0.628. The number of anilines is 3. The summed E-state index contributed by atoms with van der Waals surface area (Å²) in [7, 11) is 0. The van der Waals surface area contributed by atoms with E-state index in [0.717, 1.165) is 61.3 Å². The first-order chi connectivity index (χ1) is 30.2. The standard InChI is InChI=1S/C58H39FN2/c59-47-17-8-16-46(38-47)53-23-10-15-45-14-9-22-52(58(45)53)44-32-36-49(37-33-44)60(48-34-30-43(31-35-48)42-28-26-41(27-29-42)40-12-2-1-3-13-40)50-18-11-19-51(39-50)61-56-24-6-4-20-54(56)55-21-5-7-25-57(55)61/h1-39H. The zero-order chi connectivity index (χ0) is 40.7. The highest BCUT2D eigenvalue weighted by molar-refractivity contribution is 6.09. The molecule has 11 aromatic rings. The van der Waals surface area contributed by atoms with Crippen molar-refractivity contribution in [3.05, 3.63) is 242 Å². The molecule has 2 nitrogen and oxygen atoms in total. The van der Waals surface area contributed by atoms with Gasteiger partial charge in [-0.3, -0.25) is 0 Å². The number of fused-ring (bicyclic) bond motifs is 4. The lowest BCUT2D eigenvalue weighted by Gasteiger charge is -2.27. The molecule has 1 aromatic heterocycles. The third kappa shape index (κ3) is 6.63. The van der Waals surface area contributed by atoms with Crippen LogP contribution in [0.3, 0.4) is 0 Å². The maximum absolute atomic E-state index is 14.5. The Kier molecular flexibility index (Phi) is 9.05. The molecular formula is C58H39FN2. The van der Waals surface area contributed by atoms with Crippen LogP contribution in [0, 0.1) is 5.82 Å². The van der Waals surface area contributed by atoms with Crippen LogP contribution in [0.4, 0.5) is 21.5 Å². The van der Waals surface area contributed by atoms with Crippen molar-refractivity contribution in [2.24, 2.45) is 0 Å². The van der Waals surface area contributed by atoms with Crippen molar-refractivity contribution in [2.75, 3.05) is 4.90 Å². The van der Waals surface area contributed by atoms with E-state index in [1.165, 1.54) is 44.6 Å². The van der Waals surface area contributed by atoms with Crippen molar-refractivity contribution in [1.29, 1.82) is 0 Å². The summed E-state index contributed by atoms with van der Waals surface area (Å²) in [6, 6.07) is 82.7. The average Bonchev–Trinajstić information content (AvgIpc) is 3.67. The molecule has 0 saturated carbocycles. The van der Waals surface area contributed by atoms with Gasteiger partial charge in [0.15, 0.2) is 0 Å². The summed E-state index contributed by atoms with van der Waals surface area (Å²) in [6.45, 7) is 0. The maximum Gasteiger partial charge on any atom is 0.123 e. The fourth-order valence-corrected chi connectivity index (χ4v) is 8.98. The van der Waals surface area contributed by atoms with Gasteiger partial charge in [0.25, 0.3) is 0 Å². The number of hydrogen-bond donors (Lipinski definition) is 0. The number of hydrogen-bond acceptors (Lipinski definition) is 1. The molecule has 10 aromatic carbocycles. The van der Waals surface area contributed by atoms with Crippen molar-refractivity contribution in [1.82, 2.24) is 4.57 Å². The molecule has 0 spiro atoms. The van der Waals surface area contributed by atoms with E-state index in [9.17, 15) is 4.39 Å². The Balaban J connectivity index is 1.02. The summed E-state index contributed by atoms with van der Waals surface area (Å²) in [5.41, 5.74) is 15.4. The van der Waals surface area contributed by atoms with Crippen LogP contribution in [-0.2, 0) is 0 Å². The Labute approximate surface area is 354 Å². The van der Waals surface area contributed by atoms with Gasteiger partial charge in [0.1, 0.15) is 5.82 Å². The molecule has 0 aliphatic heterocycles. The summed E-state index contributed by atoms with van der Waals surface area (Å²) < 4.78 is 16.9. The first-order valence-corrected chi connectivity index (χ1v) is 20.7. The first kappa shape index (κ1) is 36.1. The number of halogens is 1. The molecule has 3 heteroatoms. The van der Waals surface area contributed by atoms with Crippen LogP contribution in [0.1, 0.15) is 0 Å². The molecule has 0 fully saturated rings. The van der Waals surface area contributed by atoms with Crippen LogP contribution in [0.5, 0.6) is 0 Å². The molecular weight excluding hydrogens is 744 g/mol. The van der Waals surface area contributed by atoms with E-state index < -0.39 is 0 Å². The second-order valence-electron chi connectivity index (χ2n) is 15.5. The highest BCUT2D eigenvalue weighted by Gasteiger charge is 2.18. The molecule has 0 atom stereocenters. The van der Waals surface area contributed by atoms with Crippen molar-refractivity contribution in [3.8, 4) is 50.2 Å². The predicted octanol–water partition coefficient (Wildman–Crippen LogP) is 16.2. The Morgan fingerprint density at radius 1 is 0.328 bits per heavy atom. The summed E-state index contributed by atoms with van der Waals surface area (Å²) in [6.07, 6.45) is 0. The Morgan fingerprint density at radius 3 is 1.41 bits per heavy atom. The Hall–Kier alpha value is -8.01. The molecule has 0 N–H and O–H groups in total. The lowest BCUT2D eigenvalue weighted by Crippen LogP contribution is -2.10. The fourth-order valence-electron chi connectivity index (χ4n) is 8.98. The second kappa shape index (κ2) is 15.3. The van der Waals surface area contributed by atoms with E-state index in [4.69, 9.17) is 0 Å². The first-order valence-electron chi connectivity index (χ1n) is 20.7. The summed E-state index contributed by atoms with van der Waals surface area (Å²) in [5, 5.41) is 4.68. The smallest absolute Gasteiger partial charge is 0.123 e. The van der Waals surface area contributed by atoms with E-state index in [1.54, 1.807) is 12.1 Å². The highest BCUT2D eigenvalue weighted by atomic mass is 19.1. The lowest BCUT2D eigenvalue weighted by atomic mass is 9.91. The molecule has 0 aliphatic rings. The molecule has 0 amide bonds. The minimum Gasteiger partial charge on any atom is -0.310 e. The van der Waals surface area contributed by atoms with Gasteiger partial charge in [-0.25, -0.2) is 4.39 Å². The molecule has 0 saturated heterocycles. The summed E-state index contributed by atoms with van der Waals surface area (Å²) in [4.78, 5) is 2.34. The van der Waals surface area contributed by atoms with Gasteiger partial charge in [-0.1, -0.05) is 170 Å². The molecule has 61 heavy (non-hydrogen) atoms. The topological polar surface area (TPSA) is 8.17 Å². The van der Waals surface area contributed by atoms with E-state index in [1.807, 2.05) is 12.1 Å². The van der Waals surface area contributed by atoms with Crippen LogP contribution in [0.25, 0.3) is 82.8 Å². The van der Waals surface area contributed by atoms with Gasteiger partial charge in [-0.15, -0.1) is 0 Å². The fraction of sp³-hybridized carbons (Fsp3) is 0. The zero-order valence-corrected chi connectivity index (χ0v) is 33.3. The van der Waals surface area contributed by atoms with E-state index >= 15 is 0 Å². The maximum atomic E-state index is 14.5. The van der Waals surface area contributed by atoms with Crippen LogP contribution < -0.4 is 4.90 Å².